The highest BCUT2D eigenvalue weighted by Gasteiger charge is 2.24. The van der Waals surface area contributed by atoms with Crippen molar-refractivity contribution in [1.82, 2.24) is 4.90 Å². The molecule has 0 radical (unpaired) electrons. The first kappa shape index (κ1) is 14.3. The second kappa shape index (κ2) is 6.41. The van der Waals surface area contributed by atoms with E-state index in [4.69, 9.17) is 4.42 Å². The van der Waals surface area contributed by atoms with Crippen LogP contribution in [0, 0.1) is 0 Å². The number of furan rings is 1. The van der Waals surface area contributed by atoms with Crippen molar-refractivity contribution in [3.8, 4) is 0 Å². The lowest BCUT2D eigenvalue weighted by atomic mass is 10.1. The standard InChI is InChI=1S/C17H21NO3/c19-11-13-6-2-1-5-9-18(13)10-16(20)15-12-21-17-8-4-3-7-14(15)17/h3-4,7-8,12-13,19H,1-2,5-6,9-11H2. The van der Waals surface area contributed by atoms with Crippen molar-refractivity contribution >= 4 is 16.8 Å². The zero-order chi connectivity index (χ0) is 14.7. The Kier molecular flexibility index (Phi) is 4.36. The molecule has 2 aromatic rings. The molecule has 1 saturated heterocycles. The van der Waals surface area contributed by atoms with Gasteiger partial charge in [-0.25, -0.2) is 0 Å². The Balaban J connectivity index is 1.78. The molecule has 1 fully saturated rings. The van der Waals surface area contributed by atoms with Crippen molar-refractivity contribution in [1.29, 1.82) is 0 Å². The van der Waals surface area contributed by atoms with E-state index in [0.29, 0.717) is 12.1 Å². The maximum absolute atomic E-state index is 12.6. The van der Waals surface area contributed by atoms with Crippen LogP contribution in [0.1, 0.15) is 36.0 Å². The van der Waals surface area contributed by atoms with Gasteiger partial charge in [-0.3, -0.25) is 9.69 Å². The summed E-state index contributed by atoms with van der Waals surface area (Å²) >= 11 is 0. The fourth-order valence-electron chi connectivity index (χ4n) is 3.12. The van der Waals surface area contributed by atoms with Crippen LogP contribution in [-0.4, -0.2) is 41.5 Å². The van der Waals surface area contributed by atoms with E-state index in [1.165, 1.54) is 6.42 Å². The van der Waals surface area contributed by atoms with Crippen molar-refractivity contribution in [2.24, 2.45) is 0 Å². The summed E-state index contributed by atoms with van der Waals surface area (Å²) in [7, 11) is 0. The number of ketones is 1. The second-order valence-electron chi connectivity index (χ2n) is 5.72. The number of likely N-dealkylation sites (tertiary alicyclic amines) is 1. The number of hydrogen-bond donors (Lipinski definition) is 1. The van der Waals surface area contributed by atoms with Crippen LogP contribution in [0.25, 0.3) is 11.0 Å². The Labute approximate surface area is 124 Å². The number of nitrogens with zero attached hydrogens (tertiary/aromatic N) is 1. The van der Waals surface area contributed by atoms with Crippen LogP contribution in [0.15, 0.2) is 34.9 Å². The van der Waals surface area contributed by atoms with Gasteiger partial charge in [0.05, 0.1) is 18.7 Å². The van der Waals surface area contributed by atoms with Gasteiger partial charge in [-0.2, -0.15) is 0 Å². The number of fused-ring (bicyclic) bond motifs is 1. The van der Waals surface area contributed by atoms with Gasteiger partial charge >= 0.3 is 0 Å². The largest absolute Gasteiger partial charge is 0.464 e. The first-order chi connectivity index (χ1) is 10.3. The van der Waals surface area contributed by atoms with Gasteiger partial charge in [0.2, 0.25) is 0 Å². The predicted molar refractivity (Wildman–Crippen MR) is 81.5 cm³/mol. The molecular formula is C17H21NO3. The zero-order valence-corrected chi connectivity index (χ0v) is 12.1. The molecule has 3 rings (SSSR count). The molecule has 21 heavy (non-hydrogen) atoms. The first-order valence-electron chi connectivity index (χ1n) is 7.64. The Morgan fingerprint density at radius 3 is 3.00 bits per heavy atom. The summed E-state index contributed by atoms with van der Waals surface area (Å²) in [6.45, 7) is 1.36. The molecule has 0 saturated carbocycles. The van der Waals surface area contributed by atoms with Crippen molar-refractivity contribution in [2.45, 2.75) is 31.7 Å². The van der Waals surface area contributed by atoms with Gasteiger partial charge in [-0.15, -0.1) is 0 Å². The topological polar surface area (TPSA) is 53.7 Å². The highest BCUT2D eigenvalue weighted by atomic mass is 16.3. The van der Waals surface area contributed by atoms with Crippen LogP contribution in [-0.2, 0) is 0 Å². The SMILES string of the molecule is O=C(CN1CCCCCC1CO)c1coc2ccccc12. The number of aliphatic hydroxyl groups excluding tert-OH is 1. The molecule has 4 nitrogen and oxygen atoms in total. The van der Waals surface area contributed by atoms with Crippen LogP contribution in [0.4, 0.5) is 0 Å². The molecule has 1 atom stereocenters. The summed E-state index contributed by atoms with van der Waals surface area (Å²) in [5.74, 6) is 0.0697. The third kappa shape index (κ3) is 3.01. The summed E-state index contributed by atoms with van der Waals surface area (Å²) in [6.07, 6.45) is 5.92. The van der Waals surface area contributed by atoms with Crippen LogP contribution in [0.3, 0.4) is 0 Å². The van der Waals surface area contributed by atoms with E-state index in [2.05, 4.69) is 4.90 Å². The van der Waals surface area contributed by atoms with Gasteiger partial charge in [0.15, 0.2) is 5.78 Å². The Morgan fingerprint density at radius 1 is 1.29 bits per heavy atom. The molecule has 2 heterocycles. The molecule has 1 aliphatic rings. The summed E-state index contributed by atoms with van der Waals surface area (Å²) in [5.41, 5.74) is 1.39. The molecular weight excluding hydrogens is 266 g/mol. The van der Waals surface area contributed by atoms with E-state index >= 15 is 0 Å². The highest BCUT2D eigenvalue weighted by Crippen LogP contribution is 2.23. The lowest BCUT2D eigenvalue weighted by molar-refractivity contribution is 0.0827. The van der Waals surface area contributed by atoms with E-state index in [0.717, 1.165) is 36.8 Å². The second-order valence-corrected chi connectivity index (χ2v) is 5.72. The van der Waals surface area contributed by atoms with Crippen molar-refractivity contribution in [3.63, 3.8) is 0 Å². The fraction of sp³-hybridized carbons (Fsp3) is 0.471. The Hall–Kier alpha value is -1.65. The molecule has 112 valence electrons. The molecule has 1 aliphatic heterocycles. The highest BCUT2D eigenvalue weighted by molar-refractivity contribution is 6.08. The number of hydrogen-bond acceptors (Lipinski definition) is 4. The normalized spacial score (nSPS) is 20.5. The monoisotopic (exact) mass is 287 g/mol. The quantitative estimate of drug-likeness (QED) is 0.879. The maximum atomic E-state index is 12.6. The maximum Gasteiger partial charge on any atom is 0.180 e. The summed E-state index contributed by atoms with van der Waals surface area (Å²) in [5, 5.41) is 10.4. The average molecular weight is 287 g/mol. The van der Waals surface area contributed by atoms with Gasteiger partial charge in [-0.1, -0.05) is 31.0 Å². The van der Waals surface area contributed by atoms with Crippen LogP contribution in [0.2, 0.25) is 0 Å². The van der Waals surface area contributed by atoms with Crippen LogP contribution >= 0.6 is 0 Å². The minimum absolute atomic E-state index is 0.0697. The van der Waals surface area contributed by atoms with E-state index in [1.54, 1.807) is 6.26 Å². The van der Waals surface area contributed by atoms with E-state index < -0.39 is 0 Å². The average Bonchev–Trinajstić information content (AvgIpc) is 2.81. The zero-order valence-electron chi connectivity index (χ0n) is 12.1. The molecule has 0 amide bonds. The van der Waals surface area contributed by atoms with Gasteiger partial charge < -0.3 is 9.52 Å². The minimum Gasteiger partial charge on any atom is -0.464 e. The van der Waals surface area contributed by atoms with Crippen LogP contribution < -0.4 is 0 Å². The van der Waals surface area contributed by atoms with Crippen molar-refractivity contribution in [3.05, 3.63) is 36.1 Å². The smallest absolute Gasteiger partial charge is 0.180 e. The van der Waals surface area contributed by atoms with Crippen LogP contribution in [0.5, 0.6) is 0 Å². The summed E-state index contributed by atoms with van der Waals surface area (Å²) in [6, 6.07) is 7.70. The van der Waals surface area contributed by atoms with Crippen molar-refractivity contribution < 1.29 is 14.3 Å². The number of rotatable bonds is 4. The summed E-state index contributed by atoms with van der Waals surface area (Å²) in [4.78, 5) is 14.7. The molecule has 0 bridgehead atoms. The first-order valence-corrected chi connectivity index (χ1v) is 7.64. The third-order valence-corrected chi connectivity index (χ3v) is 4.34. The fourth-order valence-corrected chi connectivity index (χ4v) is 3.12. The number of carbonyl (C=O) groups is 1. The molecule has 1 unspecified atom stereocenters. The number of aliphatic hydroxyl groups is 1. The van der Waals surface area contributed by atoms with Gasteiger partial charge in [0, 0.05) is 11.4 Å². The molecule has 1 aromatic carbocycles. The predicted octanol–water partition coefficient (Wildman–Crippen LogP) is 2.85. The number of Topliss-reactive ketones (excluding diaryl/α,β-unsaturated/α-hetero) is 1. The number of benzene rings is 1. The van der Waals surface area contributed by atoms with Gasteiger partial charge in [0.25, 0.3) is 0 Å². The van der Waals surface area contributed by atoms with Gasteiger partial charge in [-0.05, 0) is 25.5 Å². The van der Waals surface area contributed by atoms with Crippen molar-refractivity contribution in [2.75, 3.05) is 19.7 Å². The number of para-hydroxylation sites is 1. The van der Waals surface area contributed by atoms with Gasteiger partial charge in [0.1, 0.15) is 11.8 Å². The molecule has 0 spiro atoms. The molecule has 1 aromatic heterocycles. The molecule has 4 heteroatoms. The van der Waals surface area contributed by atoms with E-state index in [9.17, 15) is 9.90 Å². The number of carbonyl (C=O) groups excluding carboxylic acids is 1. The summed E-state index contributed by atoms with van der Waals surface area (Å²) < 4.78 is 5.45. The lowest BCUT2D eigenvalue weighted by Gasteiger charge is -2.27. The molecule has 0 aliphatic carbocycles. The Bertz CT molecular complexity index is 619. The van der Waals surface area contributed by atoms with E-state index in [1.807, 2.05) is 24.3 Å². The minimum atomic E-state index is 0.0697. The lowest BCUT2D eigenvalue weighted by Crippen LogP contribution is -2.40. The Morgan fingerprint density at radius 2 is 2.14 bits per heavy atom. The van der Waals surface area contributed by atoms with E-state index in [-0.39, 0.29) is 18.4 Å². The molecule has 1 N–H and O–H groups in total. The third-order valence-electron chi connectivity index (χ3n) is 4.34.